The Balaban J connectivity index is 1.56. The highest BCUT2D eigenvalue weighted by Gasteiger charge is 2.20. The molecule has 0 spiro atoms. The Morgan fingerprint density at radius 3 is 2.55 bits per heavy atom. The first kappa shape index (κ1) is 20.0. The van der Waals surface area contributed by atoms with Crippen LogP contribution in [-0.2, 0) is 7.05 Å². The molecule has 4 N–H and O–H groups in total. The molecule has 3 heterocycles. The van der Waals surface area contributed by atoms with Crippen LogP contribution in [-0.4, -0.2) is 31.3 Å². The summed E-state index contributed by atoms with van der Waals surface area (Å²) in [6.07, 6.45) is 5.92. The summed E-state index contributed by atoms with van der Waals surface area (Å²) in [5.74, 6) is -0.0678. The largest absolute Gasteiger partial charge is 0.383 e. The summed E-state index contributed by atoms with van der Waals surface area (Å²) in [6.45, 7) is 3.98. The van der Waals surface area contributed by atoms with E-state index < -0.39 is 6.03 Å². The van der Waals surface area contributed by atoms with Gasteiger partial charge in [-0.3, -0.25) is 9.78 Å². The number of carbonyl (C=O) groups excluding carboxylic acids is 2. The maximum Gasteiger partial charge on any atom is 0.323 e. The number of aromatic nitrogens is 4. The number of nitrogens with two attached hydrogens (primary N) is 1. The molecule has 0 saturated heterocycles. The zero-order chi connectivity index (χ0) is 22.1. The smallest absolute Gasteiger partial charge is 0.323 e. The Morgan fingerprint density at radius 1 is 1.00 bits per heavy atom. The minimum atomic E-state index is -0.433. The van der Waals surface area contributed by atoms with Crippen LogP contribution in [0.1, 0.15) is 27.0 Å². The van der Waals surface area contributed by atoms with E-state index >= 15 is 0 Å². The van der Waals surface area contributed by atoms with Gasteiger partial charge >= 0.3 is 6.03 Å². The van der Waals surface area contributed by atoms with E-state index in [1.54, 1.807) is 23.9 Å². The minimum absolute atomic E-state index is 0.226. The number of ketones is 1. The van der Waals surface area contributed by atoms with E-state index in [-0.39, 0.29) is 11.6 Å². The van der Waals surface area contributed by atoms with Crippen LogP contribution in [0.2, 0.25) is 0 Å². The van der Waals surface area contributed by atoms with Crippen molar-refractivity contribution in [2.75, 3.05) is 16.4 Å². The van der Waals surface area contributed by atoms with Crippen LogP contribution in [0, 0.1) is 13.8 Å². The van der Waals surface area contributed by atoms with Gasteiger partial charge in [0.05, 0.1) is 22.8 Å². The normalized spacial score (nSPS) is 10.8. The molecule has 0 atom stereocenters. The summed E-state index contributed by atoms with van der Waals surface area (Å²) in [5.41, 5.74) is 10.5. The number of urea groups is 1. The maximum absolute atomic E-state index is 13.1. The van der Waals surface area contributed by atoms with Gasteiger partial charge in [0.15, 0.2) is 5.78 Å². The lowest BCUT2D eigenvalue weighted by atomic mass is 10.1. The number of hydrogen-bond acceptors (Lipinski definition) is 6. The third kappa shape index (κ3) is 3.93. The van der Waals surface area contributed by atoms with Crippen molar-refractivity contribution in [1.29, 1.82) is 0 Å². The molecule has 0 aliphatic carbocycles. The van der Waals surface area contributed by atoms with Gasteiger partial charge in [-0.15, -0.1) is 0 Å². The second kappa shape index (κ2) is 7.86. The average Bonchev–Trinajstić information content (AvgIpc) is 3.08. The Hall–Kier alpha value is -4.27. The summed E-state index contributed by atoms with van der Waals surface area (Å²) < 4.78 is 1.72. The van der Waals surface area contributed by atoms with Crippen molar-refractivity contribution in [2.45, 2.75) is 13.8 Å². The SMILES string of the molecule is Cc1ccc(NC(=O)Nc2cncc(C(=O)c3cn(C)c4ncnc(N)c34)c2)cc1C. The standard InChI is InChI=1S/C22H21N7O2/c1-12-4-5-15(6-13(12)2)27-22(31)28-16-7-14(8-24-9-16)19(30)17-10-29(3)21-18(17)20(23)25-11-26-21/h4-11H,1-3H3,(H2,23,25,26)(H2,27,28,31). The molecule has 4 aromatic rings. The van der Waals surface area contributed by atoms with Crippen LogP contribution >= 0.6 is 0 Å². The lowest BCUT2D eigenvalue weighted by molar-refractivity contribution is 0.103. The fourth-order valence-electron chi connectivity index (χ4n) is 3.31. The fraction of sp³-hybridized carbons (Fsp3) is 0.136. The van der Waals surface area contributed by atoms with Crippen molar-refractivity contribution in [1.82, 2.24) is 19.5 Å². The molecule has 1 aromatic carbocycles. The van der Waals surface area contributed by atoms with E-state index in [9.17, 15) is 9.59 Å². The summed E-state index contributed by atoms with van der Waals surface area (Å²) >= 11 is 0. The molecule has 0 radical (unpaired) electrons. The second-order valence-electron chi connectivity index (χ2n) is 7.28. The number of amides is 2. The first-order valence-electron chi connectivity index (χ1n) is 9.54. The highest BCUT2D eigenvalue weighted by molar-refractivity contribution is 6.18. The monoisotopic (exact) mass is 415 g/mol. The zero-order valence-electron chi connectivity index (χ0n) is 17.3. The molecule has 4 rings (SSSR count). The minimum Gasteiger partial charge on any atom is -0.383 e. The topological polar surface area (TPSA) is 128 Å². The first-order chi connectivity index (χ1) is 14.8. The quantitative estimate of drug-likeness (QED) is 0.438. The van der Waals surface area contributed by atoms with Gasteiger partial charge in [-0.25, -0.2) is 14.8 Å². The highest BCUT2D eigenvalue weighted by Crippen LogP contribution is 2.26. The number of rotatable bonds is 4. The average molecular weight is 415 g/mol. The van der Waals surface area contributed by atoms with E-state index in [1.807, 2.05) is 32.0 Å². The molecule has 0 aliphatic heterocycles. The number of nitrogens with zero attached hydrogens (tertiary/aromatic N) is 4. The van der Waals surface area contributed by atoms with E-state index in [0.717, 1.165) is 11.1 Å². The molecular formula is C22H21N7O2. The number of nitrogen functional groups attached to an aromatic ring is 1. The van der Waals surface area contributed by atoms with Crippen LogP contribution in [0.3, 0.4) is 0 Å². The number of pyridine rings is 1. The molecule has 0 bridgehead atoms. The van der Waals surface area contributed by atoms with E-state index in [2.05, 4.69) is 25.6 Å². The molecule has 9 nitrogen and oxygen atoms in total. The van der Waals surface area contributed by atoms with Gasteiger partial charge in [-0.05, 0) is 43.2 Å². The lowest BCUT2D eigenvalue weighted by Gasteiger charge is -2.10. The van der Waals surface area contributed by atoms with Gasteiger partial charge in [-0.2, -0.15) is 0 Å². The zero-order valence-corrected chi connectivity index (χ0v) is 17.3. The predicted molar refractivity (Wildman–Crippen MR) is 119 cm³/mol. The number of anilines is 3. The summed E-state index contributed by atoms with van der Waals surface area (Å²) in [5, 5.41) is 5.97. The van der Waals surface area contributed by atoms with Crippen molar-refractivity contribution >= 4 is 40.0 Å². The summed E-state index contributed by atoms with van der Waals surface area (Å²) in [7, 11) is 1.78. The molecule has 3 aromatic heterocycles. The summed E-state index contributed by atoms with van der Waals surface area (Å²) in [4.78, 5) is 37.8. The number of aryl methyl sites for hydroxylation is 3. The Bertz CT molecular complexity index is 1330. The van der Waals surface area contributed by atoms with Gasteiger partial charge < -0.3 is 20.9 Å². The van der Waals surface area contributed by atoms with Crippen LogP contribution in [0.5, 0.6) is 0 Å². The van der Waals surface area contributed by atoms with E-state index in [4.69, 9.17) is 5.73 Å². The lowest BCUT2D eigenvalue weighted by Crippen LogP contribution is -2.20. The number of hydrogen-bond donors (Lipinski definition) is 3. The number of nitrogens with one attached hydrogen (secondary N) is 2. The first-order valence-corrected chi connectivity index (χ1v) is 9.54. The van der Waals surface area contributed by atoms with Crippen molar-refractivity contribution in [2.24, 2.45) is 7.05 Å². The molecule has 9 heteroatoms. The van der Waals surface area contributed by atoms with Crippen molar-refractivity contribution < 1.29 is 9.59 Å². The molecule has 0 unspecified atom stereocenters. The van der Waals surface area contributed by atoms with Crippen LogP contribution in [0.15, 0.2) is 49.2 Å². The number of carbonyl (C=O) groups is 2. The molecule has 0 saturated carbocycles. The molecule has 31 heavy (non-hydrogen) atoms. The van der Waals surface area contributed by atoms with Crippen LogP contribution < -0.4 is 16.4 Å². The third-order valence-corrected chi connectivity index (χ3v) is 5.05. The van der Waals surface area contributed by atoms with Crippen molar-refractivity contribution in [3.8, 4) is 0 Å². The van der Waals surface area contributed by atoms with Gasteiger partial charge in [0.2, 0.25) is 0 Å². The molecule has 2 amide bonds. The van der Waals surface area contributed by atoms with E-state index in [1.165, 1.54) is 18.7 Å². The number of fused-ring (bicyclic) bond motifs is 1. The van der Waals surface area contributed by atoms with E-state index in [0.29, 0.717) is 33.5 Å². The van der Waals surface area contributed by atoms with Gasteiger partial charge in [0.25, 0.3) is 0 Å². The summed E-state index contributed by atoms with van der Waals surface area (Å²) in [6, 6.07) is 6.78. The second-order valence-corrected chi connectivity index (χ2v) is 7.28. The maximum atomic E-state index is 13.1. The van der Waals surface area contributed by atoms with Crippen LogP contribution in [0.25, 0.3) is 11.0 Å². The fourth-order valence-corrected chi connectivity index (χ4v) is 3.31. The Kier molecular flexibility index (Phi) is 5.08. The van der Waals surface area contributed by atoms with Crippen LogP contribution in [0.4, 0.5) is 22.0 Å². The Labute approximate surface area is 178 Å². The van der Waals surface area contributed by atoms with Gasteiger partial charge in [-0.1, -0.05) is 6.07 Å². The van der Waals surface area contributed by atoms with Gasteiger partial charge in [0, 0.05) is 30.7 Å². The van der Waals surface area contributed by atoms with Gasteiger partial charge in [0.1, 0.15) is 17.8 Å². The molecule has 156 valence electrons. The molecule has 0 aliphatic rings. The predicted octanol–water partition coefficient (Wildman–Crippen LogP) is 3.44. The Morgan fingerprint density at radius 2 is 1.77 bits per heavy atom. The third-order valence-electron chi connectivity index (χ3n) is 5.05. The molecular weight excluding hydrogens is 394 g/mol. The van der Waals surface area contributed by atoms with Crippen molar-refractivity contribution in [3.05, 3.63) is 71.4 Å². The highest BCUT2D eigenvalue weighted by atomic mass is 16.2. The molecule has 0 fully saturated rings. The number of benzene rings is 1. The van der Waals surface area contributed by atoms with Crippen molar-refractivity contribution in [3.63, 3.8) is 0 Å².